The summed E-state index contributed by atoms with van der Waals surface area (Å²) in [5.41, 5.74) is 0. The second kappa shape index (κ2) is 4.34. The van der Waals surface area contributed by atoms with E-state index in [-0.39, 0.29) is 6.42 Å². The van der Waals surface area contributed by atoms with Gasteiger partial charge in [-0.3, -0.25) is 0 Å². The smallest absolute Gasteiger partial charge is 0.0427 e. The Morgan fingerprint density at radius 1 is 1.27 bits per heavy atom. The number of nitrogens with zero attached hydrogens (tertiary/aromatic N) is 1. The summed E-state index contributed by atoms with van der Waals surface area (Å²) in [6.45, 7) is 2.79. The lowest BCUT2D eigenvalue weighted by atomic mass is 10.1. The highest BCUT2D eigenvalue weighted by molar-refractivity contribution is 5.64. The first kappa shape index (κ1) is 8.53. The van der Waals surface area contributed by atoms with Gasteiger partial charge < -0.3 is 14.8 Å². The van der Waals surface area contributed by atoms with Gasteiger partial charge in [-0.15, -0.1) is 0 Å². The second-order valence-corrected chi connectivity index (χ2v) is 3.02. The Morgan fingerprint density at radius 3 is 2.45 bits per heavy atom. The number of rotatable bonds is 3. The lowest BCUT2D eigenvalue weighted by Gasteiger charge is -2.26. The van der Waals surface area contributed by atoms with Gasteiger partial charge in [0, 0.05) is 12.5 Å². The van der Waals surface area contributed by atoms with Gasteiger partial charge in [0.1, 0.15) is 0 Å². The van der Waals surface area contributed by atoms with Crippen LogP contribution in [-0.2, 0) is 4.79 Å². The maximum atomic E-state index is 10.1. The van der Waals surface area contributed by atoms with Crippen LogP contribution in [0.2, 0.25) is 0 Å². The highest BCUT2D eigenvalue weighted by Crippen LogP contribution is 2.08. The van der Waals surface area contributed by atoms with Gasteiger partial charge >= 0.3 is 0 Å². The Labute approximate surface area is 67.0 Å². The molecule has 1 rings (SSSR count). The van der Waals surface area contributed by atoms with Crippen molar-refractivity contribution in [1.29, 1.82) is 0 Å². The molecule has 1 aliphatic heterocycles. The molecule has 1 fully saturated rings. The van der Waals surface area contributed by atoms with E-state index in [4.69, 9.17) is 0 Å². The minimum atomic E-state index is -0.935. The first-order chi connectivity index (χ1) is 5.29. The van der Waals surface area contributed by atoms with E-state index in [1.165, 1.54) is 19.3 Å². The van der Waals surface area contributed by atoms with Crippen molar-refractivity contribution in [2.75, 3.05) is 19.6 Å². The fourth-order valence-electron chi connectivity index (χ4n) is 1.43. The SMILES string of the molecule is O=C([O-])CCN1CCCCC1. The van der Waals surface area contributed by atoms with Gasteiger partial charge in [0.05, 0.1) is 0 Å². The summed E-state index contributed by atoms with van der Waals surface area (Å²) in [5.74, 6) is -0.935. The van der Waals surface area contributed by atoms with Crippen molar-refractivity contribution in [3.8, 4) is 0 Å². The summed E-state index contributed by atoms with van der Waals surface area (Å²) >= 11 is 0. The molecule has 0 aliphatic carbocycles. The highest BCUT2D eigenvalue weighted by Gasteiger charge is 2.08. The Kier molecular flexibility index (Phi) is 3.36. The number of carbonyl (C=O) groups is 1. The zero-order valence-corrected chi connectivity index (χ0v) is 6.71. The van der Waals surface area contributed by atoms with Crippen molar-refractivity contribution in [3.63, 3.8) is 0 Å². The summed E-state index contributed by atoms with van der Waals surface area (Å²) in [7, 11) is 0. The van der Waals surface area contributed by atoms with Crippen molar-refractivity contribution in [3.05, 3.63) is 0 Å². The Hall–Kier alpha value is -0.570. The quantitative estimate of drug-likeness (QED) is 0.559. The lowest BCUT2D eigenvalue weighted by molar-refractivity contribution is -0.305. The molecule has 0 aromatic rings. The molecular formula is C8H14NO2-. The van der Waals surface area contributed by atoms with Gasteiger partial charge in [-0.1, -0.05) is 6.42 Å². The summed E-state index contributed by atoms with van der Waals surface area (Å²) in [5, 5.41) is 10.1. The van der Waals surface area contributed by atoms with E-state index in [9.17, 15) is 9.90 Å². The van der Waals surface area contributed by atoms with Crippen molar-refractivity contribution in [2.45, 2.75) is 25.7 Å². The fraction of sp³-hybridized carbons (Fsp3) is 0.875. The lowest BCUT2D eigenvalue weighted by Crippen LogP contribution is -2.34. The van der Waals surface area contributed by atoms with Crippen LogP contribution in [0.1, 0.15) is 25.7 Å². The normalized spacial score (nSPS) is 20.0. The predicted octanol–water partition coefficient (Wildman–Crippen LogP) is -0.388. The third kappa shape index (κ3) is 3.37. The molecule has 0 N–H and O–H groups in total. The van der Waals surface area contributed by atoms with E-state index in [2.05, 4.69) is 4.90 Å². The maximum absolute atomic E-state index is 10.1. The zero-order chi connectivity index (χ0) is 8.10. The number of hydrogen-bond donors (Lipinski definition) is 0. The third-order valence-corrected chi connectivity index (χ3v) is 2.08. The molecule has 1 aliphatic rings. The number of hydrogen-bond acceptors (Lipinski definition) is 3. The molecule has 64 valence electrons. The molecule has 0 atom stereocenters. The van der Waals surface area contributed by atoms with Crippen LogP contribution < -0.4 is 5.11 Å². The van der Waals surface area contributed by atoms with Crippen LogP contribution in [-0.4, -0.2) is 30.5 Å². The molecule has 1 heterocycles. The minimum Gasteiger partial charge on any atom is -0.550 e. The Bertz CT molecular complexity index is 130. The first-order valence-corrected chi connectivity index (χ1v) is 4.21. The van der Waals surface area contributed by atoms with Gasteiger partial charge in [-0.2, -0.15) is 0 Å². The molecular weight excluding hydrogens is 142 g/mol. The number of carboxylic acids is 1. The minimum absolute atomic E-state index is 0.181. The van der Waals surface area contributed by atoms with Crippen molar-refractivity contribution in [2.24, 2.45) is 0 Å². The molecule has 0 saturated carbocycles. The number of likely N-dealkylation sites (tertiary alicyclic amines) is 1. The molecule has 0 spiro atoms. The summed E-state index contributed by atoms with van der Waals surface area (Å²) in [6.07, 6.45) is 3.90. The first-order valence-electron chi connectivity index (χ1n) is 4.21. The average molecular weight is 156 g/mol. The largest absolute Gasteiger partial charge is 0.550 e. The van der Waals surface area contributed by atoms with E-state index in [1.54, 1.807) is 0 Å². The molecule has 0 unspecified atom stereocenters. The molecule has 3 nitrogen and oxygen atoms in total. The predicted molar refractivity (Wildman–Crippen MR) is 39.9 cm³/mol. The van der Waals surface area contributed by atoms with Gasteiger partial charge in [-0.05, 0) is 32.4 Å². The van der Waals surface area contributed by atoms with Crippen LogP contribution in [0.3, 0.4) is 0 Å². The Morgan fingerprint density at radius 2 is 1.91 bits per heavy atom. The fourth-order valence-corrected chi connectivity index (χ4v) is 1.43. The van der Waals surface area contributed by atoms with Crippen LogP contribution in [0, 0.1) is 0 Å². The molecule has 0 aromatic carbocycles. The van der Waals surface area contributed by atoms with Crippen LogP contribution in [0.25, 0.3) is 0 Å². The topological polar surface area (TPSA) is 43.4 Å². The van der Waals surface area contributed by atoms with Gasteiger partial charge in [0.15, 0.2) is 0 Å². The molecule has 0 amide bonds. The highest BCUT2D eigenvalue weighted by atomic mass is 16.4. The molecule has 0 aromatic heterocycles. The van der Waals surface area contributed by atoms with Crippen molar-refractivity contribution in [1.82, 2.24) is 4.90 Å². The maximum Gasteiger partial charge on any atom is 0.0427 e. The number of carboxylic acid groups (broad SMARTS) is 1. The Balaban J connectivity index is 2.09. The van der Waals surface area contributed by atoms with E-state index < -0.39 is 5.97 Å². The van der Waals surface area contributed by atoms with Crippen molar-refractivity contribution >= 4 is 5.97 Å². The molecule has 3 heteroatoms. The summed E-state index contributed by atoms with van der Waals surface area (Å²) < 4.78 is 0. The van der Waals surface area contributed by atoms with Crippen LogP contribution in [0.5, 0.6) is 0 Å². The van der Waals surface area contributed by atoms with Crippen LogP contribution >= 0.6 is 0 Å². The van der Waals surface area contributed by atoms with Gasteiger partial charge in [-0.25, -0.2) is 0 Å². The van der Waals surface area contributed by atoms with Crippen LogP contribution in [0.4, 0.5) is 0 Å². The number of aliphatic carboxylic acids is 1. The number of carbonyl (C=O) groups excluding carboxylic acids is 1. The molecule has 0 bridgehead atoms. The van der Waals surface area contributed by atoms with Crippen LogP contribution in [0.15, 0.2) is 0 Å². The molecule has 1 saturated heterocycles. The molecule has 0 radical (unpaired) electrons. The summed E-state index contributed by atoms with van der Waals surface area (Å²) in [6, 6.07) is 0. The van der Waals surface area contributed by atoms with E-state index in [1.807, 2.05) is 0 Å². The zero-order valence-electron chi connectivity index (χ0n) is 6.71. The van der Waals surface area contributed by atoms with E-state index >= 15 is 0 Å². The standard InChI is InChI=1S/C8H15NO2/c10-8(11)4-7-9-5-2-1-3-6-9/h1-7H2,(H,10,11)/p-1. The average Bonchev–Trinajstić information content (AvgIpc) is 2.03. The second-order valence-electron chi connectivity index (χ2n) is 3.02. The van der Waals surface area contributed by atoms with E-state index in [0.29, 0.717) is 6.54 Å². The monoisotopic (exact) mass is 156 g/mol. The molecule has 11 heavy (non-hydrogen) atoms. The van der Waals surface area contributed by atoms with Crippen molar-refractivity contribution < 1.29 is 9.90 Å². The summed E-state index contributed by atoms with van der Waals surface area (Å²) in [4.78, 5) is 12.3. The number of piperidine rings is 1. The third-order valence-electron chi connectivity index (χ3n) is 2.08. The van der Waals surface area contributed by atoms with Gasteiger partial charge in [0.2, 0.25) is 0 Å². The van der Waals surface area contributed by atoms with Gasteiger partial charge in [0.25, 0.3) is 0 Å². The van der Waals surface area contributed by atoms with E-state index in [0.717, 1.165) is 13.1 Å².